The number of hydrogen-bond acceptors (Lipinski definition) is 2. The molecule has 2 nitrogen and oxygen atoms in total. The number of nitrogens with zero attached hydrogens (tertiary/aromatic N) is 1. The quantitative estimate of drug-likeness (QED) is 0.434. The Hall–Kier alpha value is -0.920. The zero-order chi connectivity index (χ0) is 7.23. The lowest BCUT2D eigenvalue weighted by Gasteiger charge is -2.11. The van der Waals surface area contributed by atoms with Gasteiger partial charge in [-0.05, 0) is 12.8 Å². The van der Waals surface area contributed by atoms with Crippen LogP contribution in [0.2, 0.25) is 0 Å². The molecule has 0 amide bonds. The lowest BCUT2D eigenvalue weighted by molar-refractivity contribution is 0.170. The van der Waals surface area contributed by atoms with E-state index in [2.05, 4.69) is 11.5 Å². The zero-order valence-corrected chi connectivity index (χ0v) is 6.12. The van der Waals surface area contributed by atoms with Crippen LogP contribution in [0.5, 0.6) is 0 Å². The third-order valence-electron chi connectivity index (χ3n) is 1.46. The van der Waals surface area contributed by atoms with Crippen LogP contribution in [-0.2, 0) is 4.74 Å². The molecule has 0 fully saturated rings. The number of unbranched alkanes of at least 4 members (excludes halogenated alkanes) is 1. The molecule has 56 valence electrons. The molecule has 0 spiro atoms. The van der Waals surface area contributed by atoms with Crippen molar-refractivity contribution in [2.24, 2.45) is 0 Å². The molecule has 0 aromatic heterocycles. The van der Waals surface area contributed by atoms with Gasteiger partial charge in [0.2, 0.25) is 0 Å². The van der Waals surface area contributed by atoms with Gasteiger partial charge in [0.25, 0.3) is 0 Å². The molecule has 0 aromatic rings. The first-order valence-corrected chi connectivity index (χ1v) is 3.56. The van der Waals surface area contributed by atoms with Crippen molar-refractivity contribution in [1.29, 1.82) is 0 Å². The van der Waals surface area contributed by atoms with Gasteiger partial charge in [0.15, 0.2) is 6.73 Å². The Balaban J connectivity index is 2.02. The maximum atomic E-state index is 5.01. The Morgan fingerprint density at radius 3 is 3.20 bits per heavy atom. The fraction of sp³-hybridized carbons (Fsp3) is 0.500. The zero-order valence-electron chi connectivity index (χ0n) is 6.12. The molecule has 0 radical (unpaired) electrons. The Bertz CT molecular complexity index is 131. The summed E-state index contributed by atoms with van der Waals surface area (Å²) in [6.45, 7) is 5.45. The van der Waals surface area contributed by atoms with Crippen LogP contribution in [0, 0.1) is 0 Å². The van der Waals surface area contributed by atoms with Crippen LogP contribution in [0.1, 0.15) is 12.8 Å². The monoisotopic (exact) mass is 139 g/mol. The maximum Gasteiger partial charge on any atom is 0.160 e. The highest BCUT2D eigenvalue weighted by Gasteiger charge is 2.01. The van der Waals surface area contributed by atoms with Crippen molar-refractivity contribution in [3.05, 3.63) is 25.1 Å². The fourth-order valence-corrected chi connectivity index (χ4v) is 0.889. The smallest absolute Gasteiger partial charge is 0.160 e. The highest BCUT2D eigenvalue weighted by Crippen LogP contribution is 2.02. The Morgan fingerprint density at radius 1 is 1.70 bits per heavy atom. The van der Waals surface area contributed by atoms with Gasteiger partial charge in [0.05, 0.1) is 0 Å². The van der Waals surface area contributed by atoms with Crippen LogP contribution >= 0.6 is 0 Å². The average Bonchev–Trinajstić information content (AvgIpc) is 2.41. The molecule has 0 aromatic carbocycles. The highest BCUT2D eigenvalue weighted by molar-refractivity contribution is 4.80. The summed E-state index contributed by atoms with van der Waals surface area (Å²) in [5.41, 5.74) is 0. The van der Waals surface area contributed by atoms with Gasteiger partial charge in [-0.15, -0.1) is 6.58 Å². The van der Waals surface area contributed by atoms with Crippen LogP contribution in [0.15, 0.2) is 25.1 Å². The van der Waals surface area contributed by atoms with E-state index in [9.17, 15) is 0 Å². The second kappa shape index (κ2) is 3.99. The van der Waals surface area contributed by atoms with Crippen LogP contribution in [0.25, 0.3) is 0 Å². The van der Waals surface area contributed by atoms with Crippen LogP contribution in [0.4, 0.5) is 0 Å². The summed E-state index contributed by atoms with van der Waals surface area (Å²) in [4.78, 5) is 2.14. The van der Waals surface area contributed by atoms with Crippen LogP contribution < -0.4 is 0 Å². The van der Waals surface area contributed by atoms with Gasteiger partial charge in [-0.1, -0.05) is 6.08 Å². The van der Waals surface area contributed by atoms with Crippen molar-refractivity contribution in [3.63, 3.8) is 0 Å². The van der Waals surface area contributed by atoms with Crippen molar-refractivity contribution in [2.75, 3.05) is 13.3 Å². The second-order valence-electron chi connectivity index (χ2n) is 2.32. The molecule has 1 rings (SSSR count). The molecular formula is C8H13NO. The summed E-state index contributed by atoms with van der Waals surface area (Å²) < 4.78 is 5.01. The van der Waals surface area contributed by atoms with E-state index >= 15 is 0 Å². The topological polar surface area (TPSA) is 12.5 Å². The minimum atomic E-state index is 0.719. The minimum Gasteiger partial charge on any atom is -0.479 e. The molecule has 1 aliphatic heterocycles. The average molecular weight is 139 g/mol. The largest absolute Gasteiger partial charge is 0.479 e. The molecule has 0 aliphatic carbocycles. The summed E-state index contributed by atoms with van der Waals surface area (Å²) in [6.07, 6.45) is 7.90. The third-order valence-corrected chi connectivity index (χ3v) is 1.46. The first kappa shape index (κ1) is 7.19. The first-order valence-electron chi connectivity index (χ1n) is 3.56. The standard InChI is InChI=1S/C8H13NO/c1-2-3-4-5-9-6-7-10-8-9/h2,6-7H,1,3-5,8H2. The van der Waals surface area contributed by atoms with Crippen molar-refractivity contribution >= 4 is 0 Å². The van der Waals surface area contributed by atoms with Crippen molar-refractivity contribution in [1.82, 2.24) is 4.90 Å². The predicted molar refractivity (Wildman–Crippen MR) is 41.2 cm³/mol. The molecule has 0 atom stereocenters. The van der Waals surface area contributed by atoms with E-state index in [-0.39, 0.29) is 0 Å². The van der Waals surface area contributed by atoms with Gasteiger partial charge in [0.1, 0.15) is 6.26 Å². The Morgan fingerprint density at radius 2 is 2.60 bits per heavy atom. The van der Waals surface area contributed by atoms with E-state index in [0.717, 1.165) is 26.1 Å². The van der Waals surface area contributed by atoms with Crippen LogP contribution in [0.3, 0.4) is 0 Å². The highest BCUT2D eigenvalue weighted by atomic mass is 16.5. The Labute approximate surface area is 61.8 Å². The SMILES string of the molecule is C=CCCCN1C=COC1. The Kier molecular flexibility index (Phi) is 2.87. The first-order chi connectivity index (χ1) is 4.93. The van der Waals surface area contributed by atoms with Crippen LogP contribution in [-0.4, -0.2) is 18.2 Å². The summed E-state index contributed by atoms with van der Waals surface area (Å²) in [5, 5.41) is 0. The van der Waals surface area contributed by atoms with E-state index in [1.54, 1.807) is 6.26 Å². The van der Waals surface area contributed by atoms with Gasteiger partial charge in [-0.25, -0.2) is 0 Å². The molecular weight excluding hydrogens is 126 g/mol. The number of hydrogen-bond donors (Lipinski definition) is 0. The summed E-state index contributed by atoms with van der Waals surface area (Å²) >= 11 is 0. The van der Waals surface area contributed by atoms with Gasteiger partial charge in [-0.2, -0.15) is 0 Å². The molecule has 2 heteroatoms. The summed E-state index contributed by atoms with van der Waals surface area (Å²) in [5.74, 6) is 0. The molecule has 1 aliphatic rings. The summed E-state index contributed by atoms with van der Waals surface area (Å²) in [7, 11) is 0. The van der Waals surface area contributed by atoms with E-state index in [1.807, 2.05) is 12.3 Å². The van der Waals surface area contributed by atoms with Gasteiger partial charge in [0, 0.05) is 12.7 Å². The molecule has 0 N–H and O–H groups in total. The molecule has 10 heavy (non-hydrogen) atoms. The van der Waals surface area contributed by atoms with E-state index < -0.39 is 0 Å². The molecule has 0 saturated carbocycles. The maximum absolute atomic E-state index is 5.01. The predicted octanol–water partition coefficient (Wildman–Crippen LogP) is 1.71. The molecule has 0 bridgehead atoms. The van der Waals surface area contributed by atoms with Gasteiger partial charge < -0.3 is 9.64 Å². The fourth-order valence-electron chi connectivity index (χ4n) is 0.889. The lowest BCUT2D eigenvalue weighted by Crippen LogP contribution is -2.15. The molecule has 1 heterocycles. The summed E-state index contributed by atoms with van der Waals surface area (Å²) in [6, 6.07) is 0. The second-order valence-corrected chi connectivity index (χ2v) is 2.32. The van der Waals surface area contributed by atoms with E-state index in [1.165, 1.54) is 0 Å². The molecule has 0 saturated heterocycles. The van der Waals surface area contributed by atoms with Gasteiger partial charge >= 0.3 is 0 Å². The number of rotatable bonds is 4. The number of ether oxygens (including phenoxy) is 1. The number of allylic oxidation sites excluding steroid dienone is 1. The minimum absolute atomic E-state index is 0.719. The normalized spacial score (nSPS) is 15.4. The van der Waals surface area contributed by atoms with Crippen molar-refractivity contribution < 1.29 is 4.74 Å². The van der Waals surface area contributed by atoms with Crippen molar-refractivity contribution in [2.45, 2.75) is 12.8 Å². The van der Waals surface area contributed by atoms with E-state index in [0.29, 0.717) is 0 Å². The molecule has 0 unspecified atom stereocenters. The van der Waals surface area contributed by atoms with Gasteiger partial charge in [-0.3, -0.25) is 0 Å². The third kappa shape index (κ3) is 2.13. The van der Waals surface area contributed by atoms with E-state index in [4.69, 9.17) is 4.74 Å². The van der Waals surface area contributed by atoms with Crippen molar-refractivity contribution in [3.8, 4) is 0 Å². The lowest BCUT2D eigenvalue weighted by atomic mass is 10.3.